The first kappa shape index (κ1) is 16.1. The maximum atomic E-state index is 13.4. The SMILES string of the molecule is C/C(=N\Nc1nc(-c2ccc(F)c(C)c2)cs1)c1ccccc1O. The molecule has 3 rings (SSSR count). The molecule has 0 atom stereocenters. The first-order valence-corrected chi connectivity index (χ1v) is 8.23. The number of phenolic OH excluding ortho intramolecular Hbond substituents is 1. The predicted octanol–water partition coefficient (Wildman–Crippen LogP) is 4.80. The number of benzene rings is 2. The minimum absolute atomic E-state index is 0.183. The third-order valence-corrected chi connectivity index (χ3v) is 4.32. The molecule has 0 aliphatic carbocycles. The van der Waals surface area contributed by atoms with E-state index in [4.69, 9.17) is 0 Å². The van der Waals surface area contributed by atoms with Crippen molar-refractivity contribution in [1.29, 1.82) is 0 Å². The Morgan fingerprint density at radius 2 is 2.04 bits per heavy atom. The number of phenols is 1. The fourth-order valence-corrected chi connectivity index (χ4v) is 2.89. The summed E-state index contributed by atoms with van der Waals surface area (Å²) in [5, 5.41) is 16.6. The number of nitrogens with one attached hydrogen (secondary N) is 1. The number of aromatic hydroxyl groups is 1. The summed E-state index contributed by atoms with van der Waals surface area (Å²) in [4.78, 5) is 4.45. The highest BCUT2D eigenvalue weighted by Gasteiger charge is 2.07. The smallest absolute Gasteiger partial charge is 0.203 e. The first-order chi connectivity index (χ1) is 11.5. The third-order valence-electron chi connectivity index (χ3n) is 3.57. The van der Waals surface area contributed by atoms with E-state index in [1.165, 1.54) is 17.4 Å². The highest BCUT2D eigenvalue weighted by atomic mass is 32.1. The standard InChI is InChI=1S/C18H16FN3OS/c1-11-9-13(7-8-15(11)19)16-10-24-18(20-16)22-21-12(2)14-5-3-4-6-17(14)23/h3-10,23H,1-2H3,(H,20,22)/b21-12+. The van der Waals surface area contributed by atoms with Gasteiger partial charge in [0.15, 0.2) is 0 Å². The molecule has 2 N–H and O–H groups in total. The van der Waals surface area contributed by atoms with Crippen LogP contribution in [0.3, 0.4) is 0 Å². The van der Waals surface area contributed by atoms with Crippen LogP contribution in [0, 0.1) is 12.7 Å². The fraction of sp³-hybridized carbons (Fsp3) is 0.111. The van der Waals surface area contributed by atoms with Gasteiger partial charge in [0.1, 0.15) is 11.6 Å². The number of thiazole rings is 1. The topological polar surface area (TPSA) is 57.5 Å². The van der Waals surface area contributed by atoms with Crippen molar-refractivity contribution in [3.05, 3.63) is 64.8 Å². The van der Waals surface area contributed by atoms with E-state index < -0.39 is 0 Å². The lowest BCUT2D eigenvalue weighted by atomic mass is 10.1. The molecule has 0 saturated heterocycles. The summed E-state index contributed by atoms with van der Waals surface area (Å²) in [6.45, 7) is 3.53. The largest absolute Gasteiger partial charge is 0.507 e. The van der Waals surface area contributed by atoms with E-state index in [0.29, 0.717) is 22.0 Å². The summed E-state index contributed by atoms with van der Waals surface area (Å²) in [5.74, 6) is -0.0441. The number of para-hydroxylation sites is 1. The van der Waals surface area contributed by atoms with Crippen LogP contribution in [0.2, 0.25) is 0 Å². The number of nitrogens with zero attached hydrogens (tertiary/aromatic N) is 2. The molecule has 122 valence electrons. The van der Waals surface area contributed by atoms with Crippen LogP contribution < -0.4 is 5.43 Å². The van der Waals surface area contributed by atoms with Crippen molar-refractivity contribution in [2.24, 2.45) is 5.10 Å². The number of hydrazone groups is 1. The Labute approximate surface area is 143 Å². The average Bonchev–Trinajstić information content (AvgIpc) is 3.04. The molecule has 3 aromatic rings. The molecule has 0 amide bonds. The number of aryl methyl sites for hydroxylation is 1. The molecule has 4 nitrogen and oxygen atoms in total. The van der Waals surface area contributed by atoms with Crippen LogP contribution in [0.25, 0.3) is 11.3 Å². The quantitative estimate of drug-likeness (QED) is 0.529. The third kappa shape index (κ3) is 3.44. The molecular formula is C18H16FN3OS. The van der Waals surface area contributed by atoms with E-state index in [-0.39, 0.29) is 11.6 Å². The summed E-state index contributed by atoms with van der Waals surface area (Å²) in [5.41, 5.74) is 6.43. The Morgan fingerprint density at radius 3 is 2.79 bits per heavy atom. The zero-order valence-electron chi connectivity index (χ0n) is 13.2. The van der Waals surface area contributed by atoms with Crippen LogP contribution in [0.5, 0.6) is 5.75 Å². The van der Waals surface area contributed by atoms with E-state index in [0.717, 1.165) is 11.3 Å². The van der Waals surface area contributed by atoms with Crippen LogP contribution in [0.4, 0.5) is 9.52 Å². The van der Waals surface area contributed by atoms with Crippen molar-refractivity contribution >= 4 is 22.2 Å². The van der Waals surface area contributed by atoms with Crippen LogP contribution in [-0.2, 0) is 0 Å². The van der Waals surface area contributed by atoms with E-state index in [9.17, 15) is 9.50 Å². The van der Waals surface area contributed by atoms with E-state index >= 15 is 0 Å². The Balaban J connectivity index is 1.78. The molecule has 0 bridgehead atoms. The zero-order chi connectivity index (χ0) is 17.1. The van der Waals surface area contributed by atoms with Gasteiger partial charge in [-0.1, -0.05) is 12.1 Å². The van der Waals surface area contributed by atoms with Crippen LogP contribution in [-0.4, -0.2) is 15.8 Å². The zero-order valence-corrected chi connectivity index (χ0v) is 14.1. The molecule has 0 aliphatic heterocycles. The van der Waals surface area contributed by atoms with Gasteiger partial charge in [-0.25, -0.2) is 9.37 Å². The van der Waals surface area contributed by atoms with Gasteiger partial charge < -0.3 is 5.11 Å². The molecule has 0 radical (unpaired) electrons. The molecule has 0 unspecified atom stereocenters. The molecule has 0 aliphatic rings. The Bertz CT molecular complexity index is 905. The molecule has 0 fully saturated rings. The predicted molar refractivity (Wildman–Crippen MR) is 96.2 cm³/mol. The second kappa shape index (κ2) is 6.80. The van der Waals surface area contributed by atoms with E-state index in [1.807, 2.05) is 11.4 Å². The number of anilines is 1. The lowest BCUT2D eigenvalue weighted by Crippen LogP contribution is -1.99. The number of hydrogen-bond acceptors (Lipinski definition) is 5. The molecule has 24 heavy (non-hydrogen) atoms. The molecule has 2 aromatic carbocycles. The monoisotopic (exact) mass is 341 g/mol. The summed E-state index contributed by atoms with van der Waals surface area (Å²) in [7, 11) is 0. The maximum Gasteiger partial charge on any atom is 0.203 e. The Hall–Kier alpha value is -2.73. The summed E-state index contributed by atoms with van der Waals surface area (Å²) >= 11 is 1.41. The van der Waals surface area contributed by atoms with Gasteiger partial charge in [-0.2, -0.15) is 5.10 Å². The average molecular weight is 341 g/mol. The number of rotatable bonds is 4. The number of aromatic nitrogens is 1. The van der Waals surface area contributed by atoms with Gasteiger partial charge >= 0.3 is 0 Å². The van der Waals surface area contributed by atoms with Gasteiger partial charge in [0, 0.05) is 16.5 Å². The van der Waals surface area contributed by atoms with Crippen molar-refractivity contribution < 1.29 is 9.50 Å². The molecule has 6 heteroatoms. The Kier molecular flexibility index (Phi) is 4.57. The molecule has 1 aromatic heterocycles. The molecular weight excluding hydrogens is 325 g/mol. The minimum Gasteiger partial charge on any atom is -0.507 e. The van der Waals surface area contributed by atoms with Gasteiger partial charge in [-0.3, -0.25) is 5.43 Å². The lowest BCUT2D eigenvalue weighted by Gasteiger charge is -2.03. The molecule has 1 heterocycles. The van der Waals surface area contributed by atoms with E-state index in [2.05, 4.69) is 15.5 Å². The van der Waals surface area contributed by atoms with Crippen molar-refractivity contribution in [2.45, 2.75) is 13.8 Å². The van der Waals surface area contributed by atoms with Crippen molar-refractivity contribution in [1.82, 2.24) is 4.98 Å². The highest BCUT2D eigenvalue weighted by molar-refractivity contribution is 7.14. The molecule has 0 spiro atoms. The van der Waals surface area contributed by atoms with Gasteiger partial charge in [-0.15, -0.1) is 11.3 Å². The number of hydrogen-bond donors (Lipinski definition) is 2. The van der Waals surface area contributed by atoms with Gasteiger partial charge in [0.2, 0.25) is 5.13 Å². The van der Waals surface area contributed by atoms with Crippen molar-refractivity contribution in [3.63, 3.8) is 0 Å². The maximum absolute atomic E-state index is 13.4. The number of halogens is 1. The molecule has 0 saturated carbocycles. The van der Waals surface area contributed by atoms with Crippen LogP contribution in [0.15, 0.2) is 52.9 Å². The fourth-order valence-electron chi connectivity index (χ4n) is 2.23. The Morgan fingerprint density at radius 1 is 1.25 bits per heavy atom. The second-order valence-electron chi connectivity index (χ2n) is 5.33. The normalized spacial score (nSPS) is 11.5. The summed E-state index contributed by atoms with van der Waals surface area (Å²) in [6.07, 6.45) is 0. The highest BCUT2D eigenvalue weighted by Crippen LogP contribution is 2.26. The summed E-state index contributed by atoms with van der Waals surface area (Å²) in [6, 6.07) is 11.9. The van der Waals surface area contributed by atoms with Gasteiger partial charge in [-0.05, 0) is 49.7 Å². The van der Waals surface area contributed by atoms with Crippen LogP contribution in [0.1, 0.15) is 18.1 Å². The van der Waals surface area contributed by atoms with Crippen molar-refractivity contribution in [2.75, 3.05) is 5.43 Å². The van der Waals surface area contributed by atoms with Gasteiger partial charge in [0.25, 0.3) is 0 Å². The van der Waals surface area contributed by atoms with Crippen LogP contribution >= 0.6 is 11.3 Å². The second-order valence-corrected chi connectivity index (χ2v) is 6.19. The first-order valence-electron chi connectivity index (χ1n) is 7.35. The van der Waals surface area contributed by atoms with E-state index in [1.54, 1.807) is 44.2 Å². The van der Waals surface area contributed by atoms with Crippen molar-refractivity contribution in [3.8, 4) is 17.0 Å². The van der Waals surface area contributed by atoms with Gasteiger partial charge in [0.05, 0.1) is 11.4 Å². The summed E-state index contributed by atoms with van der Waals surface area (Å²) < 4.78 is 13.4. The lowest BCUT2D eigenvalue weighted by molar-refractivity contribution is 0.474. The minimum atomic E-state index is -0.227.